The molecular formula is C19H24N2O6. The van der Waals surface area contributed by atoms with Crippen molar-refractivity contribution in [3.8, 4) is 0 Å². The SMILES string of the molecule is COC(=O)OC1=C(C)NC(C)=C(OC(=O)OCC(C)C)N1c1ccccc1. The first-order valence-corrected chi connectivity index (χ1v) is 8.47. The van der Waals surface area contributed by atoms with Gasteiger partial charge in [-0.05, 0) is 31.9 Å². The quantitative estimate of drug-likeness (QED) is 0.770. The minimum absolute atomic E-state index is 0.130. The fourth-order valence-corrected chi connectivity index (χ4v) is 2.34. The standard InChI is InChI=1S/C19H24N2O6/c1-12(2)11-25-19(23)27-17-14(4)20-13(3)16(26-18(22)24-5)21(17)15-9-7-6-8-10-15/h6-10,12,20H,11H2,1-5H3. The number of carbonyl (C=O) groups is 2. The molecule has 2 rings (SSSR count). The van der Waals surface area contributed by atoms with E-state index in [-0.39, 0.29) is 24.3 Å². The van der Waals surface area contributed by atoms with Crippen molar-refractivity contribution in [2.75, 3.05) is 18.6 Å². The Bertz CT molecular complexity index is 755. The lowest BCUT2D eigenvalue weighted by Crippen LogP contribution is -2.37. The summed E-state index contributed by atoms with van der Waals surface area (Å²) in [4.78, 5) is 25.3. The highest BCUT2D eigenvalue weighted by atomic mass is 16.7. The van der Waals surface area contributed by atoms with Crippen LogP contribution in [0.3, 0.4) is 0 Å². The van der Waals surface area contributed by atoms with Gasteiger partial charge in [-0.25, -0.2) is 14.5 Å². The van der Waals surface area contributed by atoms with Crippen LogP contribution >= 0.6 is 0 Å². The number of carbonyl (C=O) groups excluding carboxylic acids is 2. The van der Waals surface area contributed by atoms with Crippen molar-refractivity contribution >= 4 is 18.0 Å². The van der Waals surface area contributed by atoms with Crippen LogP contribution in [0.1, 0.15) is 27.7 Å². The number of hydrogen-bond acceptors (Lipinski definition) is 8. The summed E-state index contributed by atoms with van der Waals surface area (Å²) in [7, 11) is 1.21. The fourth-order valence-electron chi connectivity index (χ4n) is 2.34. The largest absolute Gasteiger partial charge is 0.515 e. The van der Waals surface area contributed by atoms with Crippen molar-refractivity contribution in [2.45, 2.75) is 27.7 Å². The van der Waals surface area contributed by atoms with E-state index in [4.69, 9.17) is 14.2 Å². The van der Waals surface area contributed by atoms with E-state index in [1.165, 1.54) is 12.0 Å². The highest BCUT2D eigenvalue weighted by molar-refractivity contribution is 5.68. The van der Waals surface area contributed by atoms with Gasteiger partial charge < -0.3 is 24.3 Å². The van der Waals surface area contributed by atoms with Gasteiger partial charge in [0.15, 0.2) is 0 Å². The maximum atomic E-state index is 12.1. The van der Waals surface area contributed by atoms with Gasteiger partial charge in [0, 0.05) is 0 Å². The Morgan fingerprint density at radius 1 is 1.00 bits per heavy atom. The molecule has 1 heterocycles. The molecule has 1 N–H and O–H groups in total. The van der Waals surface area contributed by atoms with E-state index in [1.54, 1.807) is 26.0 Å². The van der Waals surface area contributed by atoms with Gasteiger partial charge in [-0.2, -0.15) is 0 Å². The second-order valence-corrected chi connectivity index (χ2v) is 6.27. The number of methoxy groups -OCH3 is 1. The molecule has 0 aromatic heterocycles. The van der Waals surface area contributed by atoms with Gasteiger partial charge in [0.2, 0.25) is 11.8 Å². The number of anilines is 1. The summed E-state index contributed by atoms with van der Waals surface area (Å²) in [6.07, 6.45) is -1.74. The van der Waals surface area contributed by atoms with Crippen LogP contribution in [0.4, 0.5) is 15.3 Å². The molecule has 0 saturated carbocycles. The molecule has 0 aliphatic carbocycles. The summed E-state index contributed by atoms with van der Waals surface area (Å²) < 4.78 is 20.4. The van der Waals surface area contributed by atoms with Gasteiger partial charge in [-0.3, -0.25) is 0 Å². The monoisotopic (exact) mass is 376 g/mol. The molecule has 0 radical (unpaired) electrons. The molecule has 0 unspecified atom stereocenters. The first kappa shape index (κ1) is 20.2. The predicted octanol–water partition coefficient (Wildman–Crippen LogP) is 4.07. The van der Waals surface area contributed by atoms with Crippen LogP contribution in [-0.2, 0) is 18.9 Å². The Balaban J connectivity index is 2.38. The molecule has 1 aromatic carbocycles. The lowest BCUT2D eigenvalue weighted by atomic mass is 10.2. The topological polar surface area (TPSA) is 86.3 Å². The van der Waals surface area contributed by atoms with Crippen LogP contribution in [0.5, 0.6) is 0 Å². The number of nitrogens with one attached hydrogen (secondary N) is 1. The van der Waals surface area contributed by atoms with E-state index >= 15 is 0 Å². The van der Waals surface area contributed by atoms with Crippen molar-refractivity contribution < 1.29 is 28.5 Å². The van der Waals surface area contributed by atoms with Crippen molar-refractivity contribution in [1.82, 2.24) is 5.32 Å². The molecule has 1 aliphatic heterocycles. The number of ether oxygens (including phenoxy) is 4. The maximum Gasteiger partial charge on any atom is 0.515 e. The van der Waals surface area contributed by atoms with Crippen LogP contribution in [0.2, 0.25) is 0 Å². The third kappa shape index (κ3) is 5.16. The highest BCUT2D eigenvalue weighted by Crippen LogP contribution is 2.32. The summed E-state index contributed by atoms with van der Waals surface area (Å²) in [5.74, 6) is 0.437. The molecule has 27 heavy (non-hydrogen) atoms. The van der Waals surface area contributed by atoms with Crippen molar-refractivity contribution in [3.05, 3.63) is 53.5 Å². The van der Waals surface area contributed by atoms with E-state index < -0.39 is 12.3 Å². The number of nitrogens with zero attached hydrogens (tertiary/aromatic N) is 1. The van der Waals surface area contributed by atoms with Gasteiger partial charge in [0.05, 0.1) is 30.8 Å². The van der Waals surface area contributed by atoms with E-state index in [2.05, 4.69) is 10.1 Å². The number of hydrogen-bond donors (Lipinski definition) is 1. The molecule has 1 aliphatic rings. The van der Waals surface area contributed by atoms with Crippen LogP contribution in [0, 0.1) is 5.92 Å². The molecule has 8 heteroatoms. The zero-order chi connectivity index (χ0) is 20.0. The first-order chi connectivity index (χ1) is 12.8. The maximum absolute atomic E-state index is 12.1. The predicted molar refractivity (Wildman–Crippen MR) is 98.2 cm³/mol. The van der Waals surface area contributed by atoms with Gasteiger partial charge in [0.25, 0.3) is 0 Å². The molecule has 0 amide bonds. The summed E-state index contributed by atoms with van der Waals surface area (Å²) in [5.41, 5.74) is 1.72. The minimum Gasteiger partial charge on any atom is -0.437 e. The number of allylic oxidation sites excluding steroid dienone is 2. The Labute approximate surface area is 158 Å². The Morgan fingerprint density at radius 2 is 1.56 bits per heavy atom. The third-order valence-electron chi connectivity index (χ3n) is 3.50. The lowest BCUT2D eigenvalue weighted by Gasteiger charge is -2.33. The molecule has 0 saturated heterocycles. The number of benzene rings is 1. The average molecular weight is 376 g/mol. The Kier molecular flexibility index (Phi) is 6.70. The van der Waals surface area contributed by atoms with Gasteiger partial charge in [0.1, 0.15) is 0 Å². The van der Waals surface area contributed by atoms with Crippen molar-refractivity contribution in [2.24, 2.45) is 5.92 Å². The molecule has 8 nitrogen and oxygen atoms in total. The van der Waals surface area contributed by atoms with Crippen LogP contribution < -0.4 is 10.2 Å². The molecule has 0 atom stereocenters. The van der Waals surface area contributed by atoms with E-state index in [0.29, 0.717) is 17.1 Å². The molecule has 0 bridgehead atoms. The van der Waals surface area contributed by atoms with E-state index in [1.807, 2.05) is 32.0 Å². The molecule has 1 aromatic rings. The summed E-state index contributed by atoms with van der Waals surface area (Å²) >= 11 is 0. The normalized spacial score (nSPS) is 14.1. The third-order valence-corrected chi connectivity index (χ3v) is 3.50. The molecule has 146 valence electrons. The van der Waals surface area contributed by atoms with Crippen molar-refractivity contribution in [3.63, 3.8) is 0 Å². The average Bonchev–Trinajstić information content (AvgIpc) is 2.64. The van der Waals surface area contributed by atoms with Crippen LogP contribution in [0.25, 0.3) is 0 Å². The van der Waals surface area contributed by atoms with E-state index in [9.17, 15) is 9.59 Å². The van der Waals surface area contributed by atoms with Gasteiger partial charge >= 0.3 is 12.3 Å². The van der Waals surface area contributed by atoms with Gasteiger partial charge in [-0.15, -0.1) is 0 Å². The van der Waals surface area contributed by atoms with E-state index in [0.717, 1.165) is 0 Å². The second kappa shape index (κ2) is 8.98. The minimum atomic E-state index is -0.895. The van der Waals surface area contributed by atoms with Crippen LogP contribution in [-0.4, -0.2) is 26.0 Å². The van der Waals surface area contributed by atoms with Gasteiger partial charge in [-0.1, -0.05) is 32.0 Å². The highest BCUT2D eigenvalue weighted by Gasteiger charge is 2.32. The number of rotatable bonds is 5. The smallest absolute Gasteiger partial charge is 0.437 e. The van der Waals surface area contributed by atoms with Crippen molar-refractivity contribution in [1.29, 1.82) is 0 Å². The Hall–Kier alpha value is -3.16. The molecule has 0 spiro atoms. The Morgan fingerprint density at radius 3 is 2.07 bits per heavy atom. The number of para-hydroxylation sites is 1. The summed E-state index contributed by atoms with van der Waals surface area (Å²) in [6.45, 7) is 7.53. The second-order valence-electron chi connectivity index (χ2n) is 6.27. The molecular weight excluding hydrogens is 352 g/mol. The zero-order valence-corrected chi connectivity index (χ0v) is 16.1. The van der Waals surface area contributed by atoms with Crippen LogP contribution in [0.15, 0.2) is 53.5 Å². The molecule has 0 fully saturated rings. The summed E-state index contributed by atoms with van der Waals surface area (Å²) in [5, 5.41) is 3.03. The zero-order valence-electron chi connectivity index (χ0n) is 16.1. The lowest BCUT2D eigenvalue weighted by molar-refractivity contribution is 0.0625. The fraction of sp³-hybridized carbons (Fsp3) is 0.368. The summed E-state index contributed by atoms with van der Waals surface area (Å²) in [6, 6.07) is 9.04. The first-order valence-electron chi connectivity index (χ1n) is 8.47.